The molecule has 0 saturated carbocycles. The summed E-state index contributed by atoms with van der Waals surface area (Å²) in [6, 6.07) is 6.81. The maximum atomic E-state index is 13.5. The van der Waals surface area contributed by atoms with E-state index in [4.69, 9.17) is 14.6 Å². The number of aliphatic hydroxyl groups is 2. The number of rotatable bonds is 10. The summed E-state index contributed by atoms with van der Waals surface area (Å²) >= 11 is 2.16. The Kier molecular flexibility index (Phi) is 10.2. The average molecular weight is 586 g/mol. The Morgan fingerprint density at radius 3 is 2.74 bits per heavy atom. The molecule has 1 saturated heterocycles. The number of nitrogens with zero attached hydrogens (tertiary/aromatic N) is 1. The Hall–Kier alpha value is -1.69. The molecule has 3 rings (SSSR count). The number of halogens is 1. The van der Waals surface area contributed by atoms with Crippen molar-refractivity contribution in [3.63, 3.8) is 0 Å². The van der Waals surface area contributed by atoms with Gasteiger partial charge in [-0.15, -0.1) is 0 Å². The number of amides is 2. The van der Waals surface area contributed by atoms with Crippen LogP contribution < -0.4 is 10.1 Å². The first-order valence-corrected chi connectivity index (χ1v) is 13.0. The number of carbonyl (C=O) groups excluding carboxylic acids is 2. The maximum absolute atomic E-state index is 13.5. The molecule has 8 nitrogen and oxygen atoms in total. The molecule has 188 valence electrons. The van der Waals surface area contributed by atoms with Crippen molar-refractivity contribution in [2.45, 2.75) is 63.9 Å². The van der Waals surface area contributed by atoms with Crippen molar-refractivity contribution < 1.29 is 29.3 Å². The number of benzene rings is 1. The third-order valence-corrected chi connectivity index (χ3v) is 7.04. The predicted molar refractivity (Wildman–Crippen MR) is 136 cm³/mol. The molecular formula is C25H35IN2O6. The molecule has 4 atom stereocenters. The highest BCUT2D eigenvalue weighted by Crippen LogP contribution is 2.31. The zero-order valence-corrected chi connectivity index (χ0v) is 21.9. The zero-order chi connectivity index (χ0) is 24.7. The number of para-hydroxylation sites is 1. The molecule has 1 aromatic rings. The van der Waals surface area contributed by atoms with Crippen LogP contribution in [0.25, 0.3) is 0 Å². The van der Waals surface area contributed by atoms with Gasteiger partial charge in [-0.3, -0.25) is 9.59 Å². The second kappa shape index (κ2) is 12.9. The molecule has 2 aliphatic rings. The van der Waals surface area contributed by atoms with Gasteiger partial charge in [-0.1, -0.05) is 26.0 Å². The smallest absolute Gasteiger partial charge is 0.252 e. The molecule has 0 bridgehead atoms. The van der Waals surface area contributed by atoms with Crippen LogP contribution in [-0.4, -0.2) is 77.6 Å². The van der Waals surface area contributed by atoms with Gasteiger partial charge in [0.2, 0.25) is 5.91 Å². The number of aliphatic hydroxyl groups excluding tert-OH is 2. The Morgan fingerprint density at radius 1 is 1.32 bits per heavy atom. The van der Waals surface area contributed by atoms with Gasteiger partial charge >= 0.3 is 0 Å². The predicted octanol–water partition coefficient (Wildman–Crippen LogP) is 2.26. The molecule has 0 radical (unpaired) electrons. The van der Waals surface area contributed by atoms with E-state index in [0.29, 0.717) is 36.8 Å². The van der Waals surface area contributed by atoms with E-state index in [9.17, 15) is 14.7 Å². The van der Waals surface area contributed by atoms with E-state index in [0.717, 1.165) is 16.4 Å². The lowest BCUT2D eigenvalue weighted by Gasteiger charge is -2.41. The average Bonchev–Trinajstić information content (AvgIpc) is 3.35. The van der Waals surface area contributed by atoms with Gasteiger partial charge in [0.25, 0.3) is 5.91 Å². The van der Waals surface area contributed by atoms with E-state index in [2.05, 4.69) is 41.8 Å². The lowest BCUT2D eigenvalue weighted by atomic mass is 9.87. The third kappa shape index (κ3) is 6.93. The fourth-order valence-electron chi connectivity index (χ4n) is 4.26. The molecule has 1 aliphatic carbocycles. The summed E-state index contributed by atoms with van der Waals surface area (Å²) < 4.78 is 12.7. The zero-order valence-electron chi connectivity index (χ0n) is 19.8. The van der Waals surface area contributed by atoms with Crippen LogP contribution in [0.4, 0.5) is 0 Å². The number of nitrogens with one attached hydrogen (secondary N) is 1. The van der Waals surface area contributed by atoms with Crippen molar-refractivity contribution in [1.29, 1.82) is 0 Å². The van der Waals surface area contributed by atoms with Gasteiger partial charge in [-0.2, -0.15) is 0 Å². The molecule has 1 unspecified atom stereocenters. The highest BCUT2D eigenvalue weighted by atomic mass is 127. The van der Waals surface area contributed by atoms with Crippen LogP contribution in [-0.2, 0) is 14.3 Å². The monoisotopic (exact) mass is 586 g/mol. The molecule has 1 heterocycles. The molecular weight excluding hydrogens is 551 g/mol. The molecule has 1 fully saturated rings. The van der Waals surface area contributed by atoms with Crippen molar-refractivity contribution in [1.82, 2.24) is 10.2 Å². The molecule has 1 aliphatic heterocycles. The van der Waals surface area contributed by atoms with Crippen LogP contribution in [0.5, 0.6) is 5.75 Å². The lowest BCUT2D eigenvalue weighted by Crippen LogP contribution is -2.57. The van der Waals surface area contributed by atoms with Crippen LogP contribution in [0.15, 0.2) is 35.9 Å². The molecule has 1 aromatic carbocycles. The minimum Gasteiger partial charge on any atom is -0.482 e. The Balaban J connectivity index is 1.92. The van der Waals surface area contributed by atoms with Gasteiger partial charge in [0, 0.05) is 31.7 Å². The standard InChI is InChI=1S/C25H35IN2O6/c1-16(2)9-11-28(25(32)21-8-5-13-33-21)19-14-17(24(31)27-10-12-29)15-22(23(19)30)34-20-7-4-3-6-18(20)26/h3-4,6-7,15-16,19,21-23,29-30H,5,8-14H2,1-2H3,(H,27,31)/t19-,21?,22+,23+/m1/s1. The second-order valence-electron chi connectivity index (χ2n) is 9.16. The van der Waals surface area contributed by atoms with Gasteiger partial charge in [-0.05, 0) is 66.0 Å². The Morgan fingerprint density at radius 2 is 2.09 bits per heavy atom. The number of hydrogen-bond acceptors (Lipinski definition) is 6. The topological polar surface area (TPSA) is 108 Å². The highest BCUT2D eigenvalue weighted by molar-refractivity contribution is 14.1. The van der Waals surface area contributed by atoms with E-state index in [-0.39, 0.29) is 31.4 Å². The summed E-state index contributed by atoms with van der Waals surface area (Å²) in [6.45, 7) is 5.13. The fourth-order valence-corrected chi connectivity index (χ4v) is 4.78. The van der Waals surface area contributed by atoms with Crippen LogP contribution in [0.1, 0.15) is 39.5 Å². The normalized spacial score (nSPS) is 24.6. The minimum atomic E-state index is -1.03. The lowest BCUT2D eigenvalue weighted by molar-refractivity contribution is -0.148. The summed E-state index contributed by atoms with van der Waals surface area (Å²) in [5.74, 6) is 0.475. The molecule has 0 spiro atoms. The van der Waals surface area contributed by atoms with Gasteiger partial charge in [-0.25, -0.2) is 0 Å². The summed E-state index contributed by atoms with van der Waals surface area (Å²) in [5.41, 5.74) is 0.425. The van der Waals surface area contributed by atoms with Gasteiger partial charge in [0.05, 0.1) is 16.2 Å². The first-order chi connectivity index (χ1) is 16.3. The van der Waals surface area contributed by atoms with Crippen molar-refractivity contribution in [3.8, 4) is 5.75 Å². The van der Waals surface area contributed by atoms with Crippen molar-refractivity contribution in [2.75, 3.05) is 26.3 Å². The van der Waals surface area contributed by atoms with Crippen LogP contribution >= 0.6 is 22.6 Å². The van der Waals surface area contributed by atoms with Gasteiger partial charge in [0.1, 0.15) is 24.1 Å². The van der Waals surface area contributed by atoms with Crippen molar-refractivity contribution >= 4 is 34.4 Å². The van der Waals surface area contributed by atoms with Crippen LogP contribution in [0.3, 0.4) is 0 Å². The van der Waals surface area contributed by atoms with E-state index in [1.807, 2.05) is 24.3 Å². The van der Waals surface area contributed by atoms with Crippen molar-refractivity contribution in [2.24, 2.45) is 5.92 Å². The molecule has 2 amide bonds. The summed E-state index contributed by atoms with van der Waals surface area (Å²) in [6.07, 6.45) is 1.71. The summed E-state index contributed by atoms with van der Waals surface area (Å²) in [7, 11) is 0. The number of hydrogen-bond donors (Lipinski definition) is 3. The second-order valence-corrected chi connectivity index (χ2v) is 10.3. The van der Waals surface area contributed by atoms with Crippen molar-refractivity contribution in [3.05, 3.63) is 39.5 Å². The minimum absolute atomic E-state index is 0.122. The summed E-state index contributed by atoms with van der Waals surface area (Å²) in [4.78, 5) is 28.0. The van der Waals surface area contributed by atoms with E-state index in [1.54, 1.807) is 11.0 Å². The third-order valence-electron chi connectivity index (χ3n) is 6.15. The van der Waals surface area contributed by atoms with E-state index < -0.39 is 24.4 Å². The van der Waals surface area contributed by atoms with E-state index >= 15 is 0 Å². The number of ether oxygens (including phenoxy) is 2. The summed E-state index contributed by atoms with van der Waals surface area (Å²) in [5, 5.41) is 23.2. The molecule has 0 aromatic heterocycles. The Labute approximate surface area is 214 Å². The van der Waals surface area contributed by atoms with Crippen LogP contribution in [0, 0.1) is 9.49 Å². The molecule has 9 heteroatoms. The molecule has 3 N–H and O–H groups in total. The first kappa shape index (κ1) is 26.9. The van der Waals surface area contributed by atoms with E-state index in [1.165, 1.54) is 0 Å². The molecule has 34 heavy (non-hydrogen) atoms. The Bertz CT molecular complexity index is 871. The van der Waals surface area contributed by atoms with Crippen LogP contribution in [0.2, 0.25) is 0 Å². The number of carbonyl (C=O) groups is 2. The maximum Gasteiger partial charge on any atom is 0.252 e. The quantitative estimate of drug-likeness (QED) is 0.364. The highest BCUT2D eigenvalue weighted by Gasteiger charge is 2.42. The van der Waals surface area contributed by atoms with Gasteiger partial charge in [0.15, 0.2) is 0 Å². The first-order valence-electron chi connectivity index (χ1n) is 11.9. The van der Waals surface area contributed by atoms with Gasteiger partial charge < -0.3 is 29.9 Å². The fraction of sp³-hybridized carbons (Fsp3) is 0.600. The largest absolute Gasteiger partial charge is 0.482 e. The SMILES string of the molecule is CC(C)CCN(C(=O)C1CCCO1)[C@@H]1CC(C(=O)NCCO)=C[C@H](Oc2ccccc2I)[C@H]1O.